The van der Waals surface area contributed by atoms with Gasteiger partial charge in [0.15, 0.2) is 8.32 Å². The van der Waals surface area contributed by atoms with Gasteiger partial charge in [-0.1, -0.05) is 54.9 Å². The first-order valence-electron chi connectivity index (χ1n) is 10.1. The van der Waals surface area contributed by atoms with Gasteiger partial charge < -0.3 is 4.43 Å². The van der Waals surface area contributed by atoms with Gasteiger partial charge in [0.25, 0.3) is 0 Å². The van der Waals surface area contributed by atoms with Crippen LogP contribution in [-0.4, -0.2) is 14.9 Å². The minimum atomic E-state index is -1.71. The van der Waals surface area contributed by atoms with Crippen molar-refractivity contribution in [3.05, 3.63) is 0 Å². The molecule has 1 fully saturated rings. The van der Waals surface area contributed by atoms with E-state index in [2.05, 4.69) is 55.4 Å². The van der Waals surface area contributed by atoms with Crippen LogP contribution in [0, 0.1) is 10.8 Å². The summed E-state index contributed by atoms with van der Waals surface area (Å²) in [6, 6.07) is 2.58. The summed E-state index contributed by atoms with van der Waals surface area (Å²) in [5.41, 5.74) is 1.07. The van der Waals surface area contributed by atoms with Crippen LogP contribution in [0.2, 0.25) is 17.1 Å². The van der Waals surface area contributed by atoms with Crippen molar-refractivity contribution in [1.82, 2.24) is 0 Å². The molecule has 1 nitrogen and oxygen atoms in total. The Balaban J connectivity index is 3.50. The Kier molecular flexibility index (Phi) is 6.78. The standard InChI is InChI=1S/C20H42OSi/c1-9-18(10-2)17-20(13-5,19(18,11-3)12-4)22(15-7,16-8)21-14-6/h9-17H2,1-8H3. The van der Waals surface area contributed by atoms with Crippen LogP contribution in [0.3, 0.4) is 0 Å². The average molecular weight is 327 g/mol. The Hall–Kier alpha value is 0.177. The van der Waals surface area contributed by atoms with Crippen molar-refractivity contribution in [2.75, 3.05) is 6.61 Å². The first-order valence-corrected chi connectivity index (χ1v) is 12.4. The molecule has 0 saturated heterocycles. The second kappa shape index (κ2) is 7.38. The maximum Gasteiger partial charge on any atom is 0.198 e. The van der Waals surface area contributed by atoms with E-state index < -0.39 is 8.32 Å². The van der Waals surface area contributed by atoms with Crippen molar-refractivity contribution in [3.8, 4) is 0 Å². The van der Waals surface area contributed by atoms with Crippen LogP contribution in [0.1, 0.15) is 93.9 Å². The average Bonchev–Trinajstić information content (AvgIpc) is 2.55. The van der Waals surface area contributed by atoms with Crippen molar-refractivity contribution in [3.63, 3.8) is 0 Å². The molecule has 0 aromatic rings. The molecule has 22 heavy (non-hydrogen) atoms. The monoisotopic (exact) mass is 326 g/mol. The molecule has 0 spiro atoms. The van der Waals surface area contributed by atoms with Gasteiger partial charge in [0.2, 0.25) is 0 Å². The largest absolute Gasteiger partial charge is 0.417 e. The van der Waals surface area contributed by atoms with Gasteiger partial charge in [-0.3, -0.25) is 0 Å². The number of hydrogen-bond acceptors (Lipinski definition) is 1. The summed E-state index contributed by atoms with van der Waals surface area (Å²) in [5, 5.41) is 0.495. The molecule has 2 heteroatoms. The molecule has 1 aliphatic rings. The second-order valence-corrected chi connectivity index (χ2v) is 12.2. The van der Waals surface area contributed by atoms with Crippen LogP contribution in [0.4, 0.5) is 0 Å². The molecule has 1 aliphatic carbocycles. The molecule has 0 N–H and O–H groups in total. The predicted molar refractivity (Wildman–Crippen MR) is 102 cm³/mol. The Bertz CT molecular complexity index is 340. The second-order valence-electron chi connectivity index (χ2n) is 7.52. The topological polar surface area (TPSA) is 9.23 Å². The fourth-order valence-electron chi connectivity index (χ4n) is 7.10. The van der Waals surface area contributed by atoms with Gasteiger partial charge in [-0.15, -0.1) is 0 Å². The molecule has 1 rings (SSSR count). The number of hydrogen-bond donors (Lipinski definition) is 0. The number of rotatable bonds is 10. The normalized spacial score (nSPS) is 26.7. The Labute approximate surface area is 141 Å². The summed E-state index contributed by atoms with van der Waals surface area (Å²) < 4.78 is 6.71. The first-order chi connectivity index (χ1) is 10.4. The lowest BCUT2D eigenvalue weighted by Gasteiger charge is -2.76. The van der Waals surface area contributed by atoms with Crippen molar-refractivity contribution in [2.24, 2.45) is 10.8 Å². The predicted octanol–water partition coefficient (Wildman–Crippen LogP) is 7.18. The smallest absolute Gasteiger partial charge is 0.198 e. The molecule has 1 atom stereocenters. The van der Waals surface area contributed by atoms with Crippen LogP contribution >= 0.6 is 0 Å². The minimum absolute atomic E-state index is 0.495. The quantitative estimate of drug-likeness (QED) is 0.386. The summed E-state index contributed by atoms with van der Waals surface area (Å²) >= 11 is 0. The van der Waals surface area contributed by atoms with Gasteiger partial charge in [0, 0.05) is 6.61 Å². The fourth-order valence-corrected chi connectivity index (χ4v) is 13.0. The van der Waals surface area contributed by atoms with Gasteiger partial charge in [0.1, 0.15) is 0 Å². The van der Waals surface area contributed by atoms with E-state index in [1.807, 2.05) is 0 Å². The molecule has 132 valence electrons. The SMILES string of the molecule is CCO[Si](CC)(CC)C1(CC)CC(CC)(CC)C1(CC)CC. The zero-order valence-electron chi connectivity index (χ0n) is 16.8. The fraction of sp³-hybridized carbons (Fsp3) is 1.00. The molecule has 0 bridgehead atoms. The summed E-state index contributed by atoms with van der Waals surface area (Å²) in [5.74, 6) is 0. The zero-order valence-corrected chi connectivity index (χ0v) is 17.8. The lowest BCUT2D eigenvalue weighted by molar-refractivity contribution is -0.158. The van der Waals surface area contributed by atoms with E-state index >= 15 is 0 Å². The molecule has 0 aromatic heterocycles. The highest BCUT2D eigenvalue weighted by Gasteiger charge is 2.75. The maximum atomic E-state index is 6.71. The Morgan fingerprint density at radius 1 is 0.727 bits per heavy atom. The summed E-state index contributed by atoms with van der Waals surface area (Å²) in [7, 11) is -1.71. The Morgan fingerprint density at radius 3 is 1.50 bits per heavy atom. The molecule has 0 heterocycles. The molecule has 0 amide bonds. The van der Waals surface area contributed by atoms with Crippen molar-refractivity contribution >= 4 is 8.32 Å². The summed E-state index contributed by atoms with van der Waals surface area (Å²) in [6.07, 6.45) is 8.11. The highest BCUT2D eigenvalue weighted by Crippen LogP contribution is 2.82. The summed E-state index contributed by atoms with van der Waals surface area (Å²) in [6.45, 7) is 20.2. The van der Waals surface area contributed by atoms with Gasteiger partial charge in [-0.05, 0) is 67.0 Å². The van der Waals surface area contributed by atoms with E-state index in [1.54, 1.807) is 0 Å². The van der Waals surface area contributed by atoms with Gasteiger partial charge in [-0.2, -0.15) is 0 Å². The molecule has 1 saturated carbocycles. The third kappa shape index (κ3) is 2.19. The van der Waals surface area contributed by atoms with E-state index in [-0.39, 0.29) is 0 Å². The highest BCUT2D eigenvalue weighted by molar-refractivity contribution is 6.77. The highest BCUT2D eigenvalue weighted by atomic mass is 28.4. The third-order valence-corrected chi connectivity index (χ3v) is 14.0. The first kappa shape index (κ1) is 20.2. The van der Waals surface area contributed by atoms with Crippen LogP contribution in [0.5, 0.6) is 0 Å². The van der Waals surface area contributed by atoms with Crippen LogP contribution in [-0.2, 0) is 4.43 Å². The van der Waals surface area contributed by atoms with Crippen molar-refractivity contribution < 1.29 is 4.43 Å². The van der Waals surface area contributed by atoms with E-state index in [4.69, 9.17) is 4.43 Å². The van der Waals surface area contributed by atoms with Crippen LogP contribution in [0.25, 0.3) is 0 Å². The third-order valence-electron chi connectivity index (χ3n) is 8.17. The molecule has 0 aliphatic heterocycles. The van der Waals surface area contributed by atoms with E-state index in [0.717, 1.165) is 6.61 Å². The van der Waals surface area contributed by atoms with E-state index in [0.29, 0.717) is 15.9 Å². The van der Waals surface area contributed by atoms with Gasteiger partial charge in [-0.25, -0.2) is 0 Å². The molecular formula is C20H42OSi. The van der Waals surface area contributed by atoms with E-state index in [1.165, 1.54) is 50.6 Å². The lowest BCUT2D eigenvalue weighted by atomic mass is 9.39. The molecule has 1 unspecified atom stereocenters. The van der Waals surface area contributed by atoms with Gasteiger partial charge in [0.05, 0.1) is 0 Å². The summed E-state index contributed by atoms with van der Waals surface area (Å²) in [4.78, 5) is 0. The minimum Gasteiger partial charge on any atom is -0.417 e. The molecular weight excluding hydrogens is 284 g/mol. The zero-order chi connectivity index (χ0) is 17.1. The maximum absolute atomic E-state index is 6.71. The van der Waals surface area contributed by atoms with Gasteiger partial charge >= 0.3 is 0 Å². The lowest BCUT2D eigenvalue weighted by Crippen LogP contribution is -2.71. The van der Waals surface area contributed by atoms with E-state index in [9.17, 15) is 0 Å². The van der Waals surface area contributed by atoms with Crippen molar-refractivity contribution in [2.45, 2.75) is 111 Å². The van der Waals surface area contributed by atoms with Crippen LogP contribution in [0.15, 0.2) is 0 Å². The Morgan fingerprint density at radius 2 is 1.23 bits per heavy atom. The molecule has 0 radical (unpaired) electrons. The molecule has 0 aromatic carbocycles. The van der Waals surface area contributed by atoms with Crippen LogP contribution < -0.4 is 0 Å². The van der Waals surface area contributed by atoms with Crippen molar-refractivity contribution in [1.29, 1.82) is 0 Å².